The van der Waals surface area contributed by atoms with E-state index in [1.807, 2.05) is 19.1 Å². The van der Waals surface area contributed by atoms with Crippen LogP contribution in [0.5, 0.6) is 0 Å². The van der Waals surface area contributed by atoms with Crippen LogP contribution in [0.2, 0.25) is 0 Å². The molecule has 4 nitrogen and oxygen atoms in total. The second-order valence-corrected chi connectivity index (χ2v) is 6.09. The highest BCUT2D eigenvalue weighted by Crippen LogP contribution is 2.19. The van der Waals surface area contributed by atoms with Crippen molar-refractivity contribution in [2.24, 2.45) is 5.92 Å². The Bertz CT molecular complexity index is 456. The Labute approximate surface area is 145 Å². The van der Waals surface area contributed by atoms with Crippen LogP contribution < -0.4 is 0 Å². The lowest BCUT2D eigenvalue weighted by molar-refractivity contribution is -0.141. The second kappa shape index (κ2) is 11.7. The van der Waals surface area contributed by atoms with Crippen LogP contribution in [0, 0.1) is 5.92 Å². The molecule has 0 atom stereocenters. The molecular weight excluding hydrogens is 304 g/mol. The Kier molecular flexibility index (Phi) is 9.81. The molecule has 0 saturated carbocycles. The molecule has 0 N–H and O–H groups in total. The first-order chi connectivity index (χ1) is 11.6. The third-order valence-corrected chi connectivity index (χ3v) is 3.82. The smallest absolute Gasteiger partial charge is 0.338 e. The van der Waals surface area contributed by atoms with Crippen molar-refractivity contribution in [3.8, 4) is 0 Å². The molecule has 0 spiro atoms. The summed E-state index contributed by atoms with van der Waals surface area (Å²) in [6.07, 6.45) is 13.0. The maximum Gasteiger partial charge on any atom is 0.338 e. The second-order valence-electron chi connectivity index (χ2n) is 6.09. The molecule has 0 aromatic heterocycles. The van der Waals surface area contributed by atoms with Crippen LogP contribution in [-0.2, 0) is 19.1 Å². The fraction of sp³-hybridized carbons (Fsp3) is 0.600. The van der Waals surface area contributed by atoms with E-state index in [9.17, 15) is 9.59 Å². The van der Waals surface area contributed by atoms with Gasteiger partial charge < -0.3 is 9.47 Å². The Morgan fingerprint density at radius 2 is 1.25 bits per heavy atom. The molecule has 0 aromatic carbocycles. The Hall–Kier alpha value is -1.84. The molecule has 1 aliphatic carbocycles. The van der Waals surface area contributed by atoms with Gasteiger partial charge in [0, 0.05) is 0 Å². The van der Waals surface area contributed by atoms with Crippen molar-refractivity contribution in [2.45, 2.75) is 59.3 Å². The van der Waals surface area contributed by atoms with E-state index >= 15 is 0 Å². The average molecular weight is 334 g/mol. The molecule has 0 heterocycles. The van der Waals surface area contributed by atoms with E-state index in [1.165, 1.54) is 0 Å². The molecule has 0 aliphatic heterocycles. The minimum atomic E-state index is -0.457. The number of allylic oxidation sites excluding steroid dienone is 2. The largest absolute Gasteiger partial charge is 0.462 e. The van der Waals surface area contributed by atoms with E-state index in [-0.39, 0.29) is 17.1 Å². The van der Waals surface area contributed by atoms with E-state index in [0.29, 0.717) is 13.2 Å². The number of hydrogen-bond donors (Lipinski definition) is 0. The number of ether oxygens (including phenoxy) is 2. The van der Waals surface area contributed by atoms with Gasteiger partial charge in [-0.1, -0.05) is 70.8 Å². The minimum Gasteiger partial charge on any atom is -0.462 e. The van der Waals surface area contributed by atoms with Crippen molar-refractivity contribution in [1.29, 1.82) is 0 Å². The quantitative estimate of drug-likeness (QED) is 0.435. The van der Waals surface area contributed by atoms with Gasteiger partial charge >= 0.3 is 11.9 Å². The highest BCUT2D eigenvalue weighted by Gasteiger charge is 2.21. The van der Waals surface area contributed by atoms with Gasteiger partial charge in [-0.25, -0.2) is 9.59 Å². The number of unbranched alkanes of at least 4 members (excludes halogenated alkanes) is 4. The zero-order chi connectivity index (χ0) is 17.8. The molecule has 1 rings (SSSR count). The van der Waals surface area contributed by atoms with Crippen molar-refractivity contribution in [2.75, 3.05) is 13.2 Å². The molecular formula is C20H30O4. The van der Waals surface area contributed by atoms with Gasteiger partial charge in [0.05, 0.1) is 24.4 Å². The van der Waals surface area contributed by atoms with Gasteiger partial charge in [0.2, 0.25) is 0 Å². The first-order valence-corrected chi connectivity index (χ1v) is 9.05. The molecule has 1 aliphatic rings. The highest BCUT2D eigenvalue weighted by atomic mass is 16.5. The van der Waals surface area contributed by atoms with Gasteiger partial charge in [0.15, 0.2) is 0 Å². The first-order valence-electron chi connectivity index (χ1n) is 9.05. The number of esters is 2. The summed E-state index contributed by atoms with van der Waals surface area (Å²) < 4.78 is 10.6. The molecule has 0 unspecified atom stereocenters. The van der Waals surface area contributed by atoms with Gasteiger partial charge in [0.1, 0.15) is 0 Å². The SMILES string of the molecule is CCCCCOC(=O)C1=C(C(=O)OCCCCC)C=CC(C)C=C1. The lowest BCUT2D eigenvalue weighted by Gasteiger charge is -2.09. The Morgan fingerprint density at radius 3 is 1.62 bits per heavy atom. The minimum absolute atomic E-state index is 0.151. The maximum absolute atomic E-state index is 12.3. The van der Waals surface area contributed by atoms with Crippen LogP contribution in [0.3, 0.4) is 0 Å². The van der Waals surface area contributed by atoms with Crippen LogP contribution in [0.25, 0.3) is 0 Å². The average Bonchev–Trinajstić information content (AvgIpc) is 2.77. The van der Waals surface area contributed by atoms with E-state index in [1.54, 1.807) is 12.2 Å². The van der Waals surface area contributed by atoms with Gasteiger partial charge in [0.25, 0.3) is 0 Å². The predicted molar refractivity (Wildman–Crippen MR) is 95.4 cm³/mol. The molecule has 0 radical (unpaired) electrons. The predicted octanol–water partition coefficient (Wildman–Crippen LogP) is 4.51. The molecule has 0 bridgehead atoms. The van der Waals surface area contributed by atoms with E-state index in [0.717, 1.165) is 38.5 Å². The molecule has 134 valence electrons. The Morgan fingerprint density at radius 1 is 0.833 bits per heavy atom. The summed E-state index contributed by atoms with van der Waals surface area (Å²) in [6, 6.07) is 0. The van der Waals surface area contributed by atoms with Crippen LogP contribution in [0.1, 0.15) is 59.3 Å². The van der Waals surface area contributed by atoms with Crippen LogP contribution in [0.4, 0.5) is 0 Å². The maximum atomic E-state index is 12.3. The number of hydrogen-bond acceptors (Lipinski definition) is 4. The molecule has 0 saturated heterocycles. The third kappa shape index (κ3) is 7.16. The van der Waals surface area contributed by atoms with Crippen LogP contribution >= 0.6 is 0 Å². The Balaban J connectivity index is 2.79. The monoisotopic (exact) mass is 334 g/mol. The summed E-state index contributed by atoms with van der Waals surface area (Å²) in [5, 5.41) is 0. The van der Waals surface area contributed by atoms with Gasteiger partial charge in [-0.3, -0.25) is 0 Å². The fourth-order valence-electron chi connectivity index (χ4n) is 2.29. The highest BCUT2D eigenvalue weighted by molar-refractivity contribution is 6.04. The van der Waals surface area contributed by atoms with Crippen molar-refractivity contribution < 1.29 is 19.1 Å². The van der Waals surface area contributed by atoms with E-state index in [2.05, 4.69) is 13.8 Å². The zero-order valence-corrected chi connectivity index (χ0v) is 15.2. The van der Waals surface area contributed by atoms with Crippen molar-refractivity contribution in [1.82, 2.24) is 0 Å². The number of rotatable bonds is 10. The lowest BCUT2D eigenvalue weighted by atomic mass is 10.1. The summed E-state index contributed by atoms with van der Waals surface area (Å²) in [5.74, 6) is -0.762. The summed E-state index contributed by atoms with van der Waals surface area (Å²) in [6.45, 7) is 6.94. The van der Waals surface area contributed by atoms with Gasteiger partial charge in [-0.2, -0.15) is 0 Å². The molecule has 0 aromatic rings. The van der Waals surface area contributed by atoms with E-state index in [4.69, 9.17) is 9.47 Å². The van der Waals surface area contributed by atoms with Crippen molar-refractivity contribution >= 4 is 11.9 Å². The van der Waals surface area contributed by atoms with Gasteiger partial charge in [-0.15, -0.1) is 0 Å². The van der Waals surface area contributed by atoms with E-state index < -0.39 is 11.9 Å². The van der Waals surface area contributed by atoms with Crippen molar-refractivity contribution in [3.63, 3.8) is 0 Å². The lowest BCUT2D eigenvalue weighted by Crippen LogP contribution is -2.15. The topological polar surface area (TPSA) is 52.6 Å². The van der Waals surface area contributed by atoms with Crippen LogP contribution in [-0.4, -0.2) is 25.2 Å². The van der Waals surface area contributed by atoms with Crippen LogP contribution in [0.15, 0.2) is 35.5 Å². The normalized spacial score (nSPS) is 14.6. The summed E-state index contributed by atoms with van der Waals surface area (Å²) in [4.78, 5) is 24.7. The third-order valence-electron chi connectivity index (χ3n) is 3.82. The molecule has 4 heteroatoms. The first kappa shape index (κ1) is 20.2. The fourth-order valence-corrected chi connectivity index (χ4v) is 2.29. The molecule has 0 fully saturated rings. The standard InChI is InChI=1S/C20H30O4/c1-4-6-8-14-23-19(21)17-12-10-16(3)11-13-18(17)20(22)24-15-9-7-5-2/h10-13,16H,4-9,14-15H2,1-3H3. The molecule has 0 amide bonds. The summed E-state index contributed by atoms with van der Waals surface area (Å²) in [5.41, 5.74) is 0.570. The van der Waals surface area contributed by atoms with Gasteiger partial charge in [-0.05, 0) is 18.8 Å². The summed E-state index contributed by atoms with van der Waals surface area (Å²) >= 11 is 0. The van der Waals surface area contributed by atoms with Crippen molar-refractivity contribution in [3.05, 3.63) is 35.5 Å². The number of carbonyl (C=O) groups is 2. The summed E-state index contributed by atoms with van der Waals surface area (Å²) in [7, 11) is 0. The zero-order valence-electron chi connectivity index (χ0n) is 15.2. The number of carbonyl (C=O) groups excluding carboxylic acids is 2. The molecule has 24 heavy (non-hydrogen) atoms.